The number of hydrogen-bond acceptors (Lipinski definition) is 8. The van der Waals surface area contributed by atoms with Crippen LogP contribution in [0.15, 0.2) is 64.2 Å². The predicted molar refractivity (Wildman–Crippen MR) is 146 cm³/mol. The normalized spacial score (nSPS) is 17.1. The van der Waals surface area contributed by atoms with Crippen molar-refractivity contribution in [1.29, 1.82) is 0 Å². The van der Waals surface area contributed by atoms with Crippen molar-refractivity contribution in [2.45, 2.75) is 30.0 Å². The summed E-state index contributed by atoms with van der Waals surface area (Å²) in [4.78, 5) is 22.3. The van der Waals surface area contributed by atoms with Crippen LogP contribution in [0.5, 0.6) is 0 Å². The Morgan fingerprint density at radius 2 is 1.69 bits per heavy atom. The molecular formula is C28H28N4O6S. The average molecular weight is 549 g/mol. The molecule has 1 aliphatic heterocycles. The second-order valence-electron chi connectivity index (χ2n) is 10.00. The van der Waals surface area contributed by atoms with Crippen molar-refractivity contribution < 1.29 is 27.5 Å². The molecule has 2 aromatic heterocycles. The Morgan fingerprint density at radius 3 is 2.28 bits per heavy atom. The fourth-order valence-corrected chi connectivity index (χ4v) is 5.88. The van der Waals surface area contributed by atoms with Gasteiger partial charge in [-0.05, 0) is 30.4 Å². The molecule has 0 bridgehead atoms. The number of sulfone groups is 1. The summed E-state index contributed by atoms with van der Waals surface area (Å²) in [5, 5.41) is 12.4. The average Bonchev–Trinajstić information content (AvgIpc) is 3.30. The van der Waals surface area contributed by atoms with E-state index in [4.69, 9.17) is 9.15 Å². The Labute approximate surface area is 225 Å². The molecule has 202 valence electrons. The first-order valence-corrected chi connectivity index (χ1v) is 14.7. The van der Waals surface area contributed by atoms with Crippen LogP contribution in [0.2, 0.25) is 0 Å². The summed E-state index contributed by atoms with van der Waals surface area (Å²) in [6.45, 7) is 2.10. The molecule has 0 atom stereocenters. The van der Waals surface area contributed by atoms with Gasteiger partial charge in [0.25, 0.3) is 5.16 Å². The first-order chi connectivity index (χ1) is 18.7. The number of rotatable bonds is 6. The number of amides is 1. The van der Waals surface area contributed by atoms with Gasteiger partial charge in [-0.2, -0.15) is 4.98 Å². The Morgan fingerprint density at radius 1 is 1.00 bits per heavy atom. The van der Waals surface area contributed by atoms with E-state index >= 15 is 0 Å². The molecular weight excluding hydrogens is 520 g/mol. The lowest BCUT2D eigenvalue weighted by molar-refractivity contribution is 0.122. The molecule has 1 saturated heterocycles. The molecule has 0 radical (unpaired) electrons. The number of hydrogen-bond donors (Lipinski definition) is 2. The number of benzene rings is 2. The molecule has 0 spiro atoms. The number of carboxylic acid groups (broad SMARTS) is 1. The quantitative estimate of drug-likeness (QED) is 0.335. The maximum absolute atomic E-state index is 12.5. The summed E-state index contributed by atoms with van der Waals surface area (Å²) in [5.74, 6) is 1.03. The molecule has 2 aromatic carbocycles. The highest BCUT2D eigenvalue weighted by Gasteiger charge is 2.40. The van der Waals surface area contributed by atoms with Crippen LogP contribution >= 0.6 is 0 Å². The Hall–Kier alpha value is -3.96. The Bertz CT molecular complexity index is 1640. The lowest BCUT2D eigenvalue weighted by Gasteiger charge is -2.42. The third kappa shape index (κ3) is 4.61. The maximum Gasteiger partial charge on any atom is 0.405 e. The Balaban J connectivity index is 1.56. The lowest BCUT2D eigenvalue weighted by Crippen LogP contribution is -2.50. The van der Waals surface area contributed by atoms with E-state index in [1.165, 1.54) is 0 Å². The molecule has 39 heavy (non-hydrogen) atoms. The van der Waals surface area contributed by atoms with Crippen molar-refractivity contribution in [2.75, 3.05) is 37.5 Å². The van der Waals surface area contributed by atoms with Crippen molar-refractivity contribution >= 4 is 32.8 Å². The van der Waals surface area contributed by atoms with Crippen molar-refractivity contribution in [3.8, 4) is 22.5 Å². The van der Waals surface area contributed by atoms with Gasteiger partial charge >= 0.3 is 6.09 Å². The fraction of sp³-hybridized carbons (Fsp3) is 0.321. The minimum absolute atomic E-state index is 0.188. The smallest absolute Gasteiger partial charge is 0.405 e. The van der Waals surface area contributed by atoms with Gasteiger partial charge in [-0.3, -0.25) is 0 Å². The number of anilines is 1. The van der Waals surface area contributed by atoms with Gasteiger partial charge in [-0.15, -0.1) is 0 Å². The molecule has 4 aromatic rings. The van der Waals surface area contributed by atoms with Crippen LogP contribution in [0.25, 0.3) is 33.6 Å². The molecule has 1 aliphatic carbocycles. The van der Waals surface area contributed by atoms with Crippen LogP contribution in [0.4, 0.5) is 10.6 Å². The van der Waals surface area contributed by atoms with E-state index < -0.39 is 21.5 Å². The SMILES string of the molecule is CS(=O)(=O)c1nc(N2CCOCC2)c2c(-c3ccccc3)c(-c3ccc(C4(NC(=O)O)CCC4)cc3)oc2n1. The molecule has 2 fully saturated rings. The van der Waals surface area contributed by atoms with Crippen LogP contribution in [-0.2, 0) is 20.1 Å². The number of nitrogens with zero attached hydrogens (tertiary/aromatic N) is 3. The molecule has 1 amide bonds. The fourth-order valence-electron chi connectivity index (χ4n) is 5.38. The van der Waals surface area contributed by atoms with Crippen LogP contribution < -0.4 is 10.2 Å². The number of carbonyl (C=O) groups is 1. The maximum atomic E-state index is 12.5. The summed E-state index contributed by atoms with van der Waals surface area (Å²) in [5.41, 5.74) is 2.90. The van der Waals surface area contributed by atoms with Crippen LogP contribution in [0.3, 0.4) is 0 Å². The van der Waals surface area contributed by atoms with Crippen LogP contribution in [0, 0.1) is 0 Å². The van der Waals surface area contributed by atoms with Gasteiger partial charge in [0.1, 0.15) is 11.6 Å². The number of ether oxygens (including phenoxy) is 1. The summed E-state index contributed by atoms with van der Waals surface area (Å²) in [7, 11) is -3.71. The van der Waals surface area contributed by atoms with E-state index in [0.717, 1.165) is 47.8 Å². The largest absolute Gasteiger partial charge is 0.465 e. The third-order valence-corrected chi connectivity index (χ3v) is 8.32. The number of fused-ring (bicyclic) bond motifs is 1. The zero-order valence-corrected chi connectivity index (χ0v) is 22.2. The van der Waals surface area contributed by atoms with E-state index in [9.17, 15) is 18.3 Å². The minimum Gasteiger partial charge on any atom is -0.465 e. The zero-order chi connectivity index (χ0) is 27.2. The van der Waals surface area contributed by atoms with E-state index in [1.807, 2.05) is 59.5 Å². The summed E-state index contributed by atoms with van der Waals surface area (Å²) < 4.78 is 36.9. The number of furan rings is 1. The molecule has 2 aliphatic rings. The third-order valence-electron chi connectivity index (χ3n) is 7.47. The number of morpholine rings is 1. The highest BCUT2D eigenvalue weighted by molar-refractivity contribution is 7.90. The van der Waals surface area contributed by atoms with E-state index in [2.05, 4.69) is 15.3 Å². The molecule has 6 rings (SSSR count). The van der Waals surface area contributed by atoms with Gasteiger partial charge in [0, 0.05) is 30.5 Å². The summed E-state index contributed by atoms with van der Waals surface area (Å²) in [6.07, 6.45) is 2.48. The second kappa shape index (κ2) is 9.65. The van der Waals surface area contributed by atoms with Gasteiger partial charge in [0.2, 0.25) is 15.6 Å². The number of nitrogens with one attached hydrogen (secondary N) is 1. The Kier molecular flexibility index (Phi) is 6.27. The summed E-state index contributed by atoms with van der Waals surface area (Å²) >= 11 is 0. The van der Waals surface area contributed by atoms with Gasteiger partial charge in [0.05, 0.1) is 24.1 Å². The first-order valence-electron chi connectivity index (χ1n) is 12.8. The van der Waals surface area contributed by atoms with E-state index in [1.54, 1.807) is 0 Å². The monoisotopic (exact) mass is 548 g/mol. The first kappa shape index (κ1) is 25.3. The summed E-state index contributed by atoms with van der Waals surface area (Å²) in [6, 6.07) is 17.4. The minimum atomic E-state index is -3.71. The van der Waals surface area contributed by atoms with Crippen LogP contribution in [0.1, 0.15) is 24.8 Å². The second-order valence-corrected chi connectivity index (χ2v) is 11.9. The molecule has 3 heterocycles. The zero-order valence-electron chi connectivity index (χ0n) is 21.4. The van der Waals surface area contributed by atoms with Crippen molar-refractivity contribution in [1.82, 2.24) is 15.3 Å². The molecule has 10 nitrogen and oxygen atoms in total. The molecule has 2 N–H and O–H groups in total. The lowest BCUT2D eigenvalue weighted by atomic mass is 9.72. The van der Waals surface area contributed by atoms with Gasteiger partial charge in [-0.25, -0.2) is 18.2 Å². The topological polar surface area (TPSA) is 135 Å². The van der Waals surface area contributed by atoms with Crippen molar-refractivity contribution in [2.24, 2.45) is 0 Å². The molecule has 0 unspecified atom stereocenters. The van der Waals surface area contributed by atoms with Crippen molar-refractivity contribution in [3.05, 3.63) is 60.2 Å². The van der Waals surface area contributed by atoms with E-state index in [0.29, 0.717) is 43.3 Å². The van der Waals surface area contributed by atoms with E-state index in [-0.39, 0.29) is 10.9 Å². The van der Waals surface area contributed by atoms with Crippen molar-refractivity contribution in [3.63, 3.8) is 0 Å². The van der Waals surface area contributed by atoms with Gasteiger partial charge < -0.3 is 24.5 Å². The van der Waals surface area contributed by atoms with Gasteiger partial charge in [-0.1, -0.05) is 54.6 Å². The molecule has 11 heteroatoms. The molecule has 1 saturated carbocycles. The van der Waals surface area contributed by atoms with Gasteiger partial charge in [0.15, 0.2) is 0 Å². The predicted octanol–water partition coefficient (Wildman–Crippen LogP) is 4.44. The number of aromatic nitrogens is 2. The van der Waals surface area contributed by atoms with Crippen LogP contribution in [-0.4, -0.2) is 62.1 Å². The highest BCUT2D eigenvalue weighted by atomic mass is 32.2. The standard InChI is InChI=1S/C28H28N4O6S/c1-39(35,36)26-29-24(32-14-16-37-17-15-32)22-21(18-6-3-2-4-7-18)23(38-25(22)30-26)19-8-10-20(11-9-19)28(12-5-13-28)31-27(33)34/h2-4,6-11,31H,5,12-17H2,1H3,(H,33,34). The highest BCUT2D eigenvalue weighted by Crippen LogP contribution is 2.46.